The van der Waals surface area contributed by atoms with Crippen LogP contribution < -0.4 is 10.9 Å². The Balaban J connectivity index is 0.000000303. The van der Waals surface area contributed by atoms with Crippen molar-refractivity contribution < 1.29 is 24.9 Å². The normalized spacial score (nSPS) is 10.6. The van der Waals surface area contributed by atoms with Gasteiger partial charge < -0.3 is 15.3 Å². The van der Waals surface area contributed by atoms with Crippen molar-refractivity contribution in [2.24, 2.45) is 0 Å². The molecule has 3 rings (SSSR count). The zero-order chi connectivity index (χ0) is 26.0. The van der Waals surface area contributed by atoms with Gasteiger partial charge in [0.2, 0.25) is 0 Å². The van der Waals surface area contributed by atoms with Crippen LogP contribution in [0.25, 0.3) is 0 Å². The molecule has 186 valence electrons. The van der Waals surface area contributed by atoms with Gasteiger partial charge in [-0.1, -0.05) is 70.5 Å². The summed E-state index contributed by atoms with van der Waals surface area (Å²) in [6, 6.07) is 18.1. The van der Waals surface area contributed by atoms with Gasteiger partial charge in [-0.2, -0.15) is 0 Å². The maximum absolute atomic E-state index is 12.3. The summed E-state index contributed by atoms with van der Waals surface area (Å²) in [6.45, 7) is 8.15. The van der Waals surface area contributed by atoms with E-state index < -0.39 is 11.8 Å². The summed E-state index contributed by atoms with van der Waals surface area (Å²) < 4.78 is 0. The summed E-state index contributed by atoms with van der Waals surface area (Å²) in [4.78, 5) is 24.3. The fourth-order valence-electron chi connectivity index (χ4n) is 3.38. The molecular weight excluding hydrogens is 444 g/mol. The lowest BCUT2D eigenvalue weighted by molar-refractivity contribution is 0.0844. The van der Waals surface area contributed by atoms with Gasteiger partial charge in [0.1, 0.15) is 17.2 Å². The van der Waals surface area contributed by atoms with E-state index in [-0.39, 0.29) is 28.2 Å². The number of benzene rings is 3. The molecule has 0 aliphatic rings. The first-order valence-electron chi connectivity index (χ1n) is 11.5. The fourth-order valence-corrected chi connectivity index (χ4v) is 3.38. The van der Waals surface area contributed by atoms with Crippen LogP contribution in [-0.4, -0.2) is 27.1 Å². The number of nitrogens with one attached hydrogen (secondary N) is 2. The standard InChI is InChI=1S/C18H20N2O3.C10H14O2/c1-18(2,3)14-10-6-4-8-12(14)16(22)19-20-17(23)13-9-5-7-11-15(13)21;1-2-3-4-8-5-6-9(11)7-10(8)12/h4-11,21H,1-3H3,(H,19,22)(H,20,23);5-7,11-12H,2-4H2,1H3. The lowest BCUT2D eigenvalue weighted by Gasteiger charge is -2.22. The zero-order valence-corrected chi connectivity index (χ0v) is 20.6. The van der Waals surface area contributed by atoms with E-state index >= 15 is 0 Å². The maximum Gasteiger partial charge on any atom is 0.273 e. The fraction of sp³-hybridized carbons (Fsp3) is 0.286. The molecule has 0 spiro atoms. The number of carbonyl (C=O) groups excluding carboxylic acids is 2. The molecule has 7 nitrogen and oxygen atoms in total. The van der Waals surface area contributed by atoms with Gasteiger partial charge >= 0.3 is 0 Å². The van der Waals surface area contributed by atoms with Gasteiger partial charge in [0, 0.05) is 11.6 Å². The van der Waals surface area contributed by atoms with E-state index in [1.54, 1.807) is 36.4 Å². The Morgan fingerprint density at radius 3 is 1.91 bits per heavy atom. The minimum absolute atomic E-state index is 0.0944. The van der Waals surface area contributed by atoms with Crippen molar-refractivity contribution in [2.45, 2.75) is 52.4 Å². The molecule has 0 aromatic heterocycles. The van der Waals surface area contributed by atoms with Crippen LogP contribution in [0.5, 0.6) is 17.2 Å². The van der Waals surface area contributed by atoms with Crippen molar-refractivity contribution >= 4 is 11.8 Å². The third-order valence-electron chi connectivity index (χ3n) is 5.29. The third kappa shape index (κ3) is 8.07. The second-order valence-electron chi connectivity index (χ2n) is 9.14. The van der Waals surface area contributed by atoms with Crippen LogP contribution in [0.1, 0.15) is 72.4 Å². The Kier molecular flexibility index (Phi) is 9.70. The number of amides is 2. The van der Waals surface area contributed by atoms with Crippen molar-refractivity contribution in [2.75, 3.05) is 0 Å². The number of carbonyl (C=O) groups is 2. The lowest BCUT2D eigenvalue weighted by Crippen LogP contribution is -2.42. The minimum Gasteiger partial charge on any atom is -0.508 e. The predicted molar refractivity (Wildman–Crippen MR) is 137 cm³/mol. The van der Waals surface area contributed by atoms with E-state index in [4.69, 9.17) is 5.11 Å². The Bertz CT molecular complexity index is 1150. The van der Waals surface area contributed by atoms with Crippen LogP contribution in [0.15, 0.2) is 66.7 Å². The van der Waals surface area contributed by atoms with Crippen molar-refractivity contribution in [3.8, 4) is 17.2 Å². The van der Waals surface area contributed by atoms with Crippen LogP contribution in [0.4, 0.5) is 0 Å². The quantitative estimate of drug-likeness (QED) is 0.323. The highest BCUT2D eigenvalue weighted by Crippen LogP contribution is 2.26. The van der Waals surface area contributed by atoms with E-state index in [1.165, 1.54) is 18.2 Å². The number of phenols is 3. The number of hydrogen-bond acceptors (Lipinski definition) is 5. The molecule has 2 amide bonds. The molecule has 5 N–H and O–H groups in total. The second-order valence-corrected chi connectivity index (χ2v) is 9.14. The maximum atomic E-state index is 12.3. The molecule has 0 fully saturated rings. The Morgan fingerprint density at radius 2 is 1.34 bits per heavy atom. The van der Waals surface area contributed by atoms with E-state index in [1.807, 2.05) is 32.9 Å². The highest BCUT2D eigenvalue weighted by Gasteiger charge is 2.21. The number of rotatable bonds is 5. The van der Waals surface area contributed by atoms with Gasteiger partial charge in [0.15, 0.2) is 0 Å². The molecule has 0 bridgehead atoms. The molecule has 0 aliphatic carbocycles. The van der Waals surface area contributed by atoms with Crippen LogP contribution in [0.2, 0.25) is 0 Å². The van der Waals surface area contributed by atoms with Crippen molar-refractivity contribution in [1.82, 2.24) is 10.9 Å². The van der Waals surface area contributed by atoms with Crippen molar-refractivity contribution in [3.63, 3.8) is 0 Å². The van der Waals surface area contributed by atoms with Gasteiger partial charge in [-0.05, 0) is 53.6 Å². The van der Waals surface area contributed by atoms with E-state index in [0.717, 1.165) is 30.4 Å². The first kappa shape index (κ1) is 27.2. The number of hydrogen-bond donors (Lipinski definition) is 5. The molecule has 0 unspecified atom stereocenters. The molecule has 35 heavy (non-hydrogen) atoms. The number of aromatic hydroxyl groups is 3. The molecule has 0 atom stereocenters. The van der Waals surface area contributed by atoms with E-state index in [9.17, 15) is 19.8 Å². The van der Waals surface area contributed by atoms with Gasteiger partial charge in [0.05, 0.1) is 5.56 Å². The average Bonchev–Trinajstić information content (AvgIpc) is 2.82. The average molecular weight is 479 g/mol. The summed E-state index contributed by atoms with van der Waals surface area (Å²) in [6.07, 6.45) is 3.06. The first-order chi connectivity index (χ1) is 16.5. The summed E-state index contributed by atoms with van der Waals surface area (Å²) in [5.74, 6) is -0.811. The van der Waals surface area contributed by atoms with Gasteiger partial charge in [-0.25, -0.2) is 0 Å². The smallest absolute Gasteiger partial charge is 0.273 e. The topological polar surface area (TPSA) is 119 Å². The van der Waals surface area contributed by atoms with Crippen LogP contribution in [-0.2, 0) is 11.8 Å². The SMILES string of the molecule is CC(C)(C)c1ccccc1C(=O)NNC(=O)c1ccccc1O.CCCCc1ccc(O)cc1O. The first-order valence-corrected chi connectivity index (χ1v) is 11.5. The predicted octanol–water partition coefficient (Wildman–Crippen LogP) is 5.20. The van der Waals surface area contributed by atoms with Gasteiger partial charge in [-0.3, -0.25) is 20.4 Å². The molecular formula is C28H34N2O5. The summed E-state index contributed by atoms with van der Waals surface area (Å²) in [5, 5.41) is 28.0. The van der Waals surface area contributed by atoms with Crippen LogP contribution >= 0.6 is 0 Å². The Labute approximate surface area is 206 Å². The van der Waals surface area contributed by atoms with E-state index in [0.29, 0.717) is 5.56 Å². The van der Waals surface area contributed by atoms with Gasteiger partial charge in [-0.15, -0.1) is 0 Å². The van der Waals surface area contributed by atoms with Crippen LogP contribution in [0.3, 0.4) is 0 Å². The second kappa shape index (κ2) is 12.5. The molecule has 0 radical (unpaired) electrons. The largest absolute Gasteiger partial charge is 0.508 e. The molecule has 0 aliphatic heterocycles. The molecule has 0 saturated heterocycles. The number of aryl methyl sites for hydroxylation is 1. The minimum atomic E-state index is -0.579. The summed E-state index contributed by atoms with van der Waals surface area (Å²) >= 11 is 0. The highest BCUT2D eigenvalue weighted by atomic mass is 16.3. The number of hydrazine groups is 1. The van der Waals surface area contributed by atoms with Gasteiger partial charge in [0.25, 0.3) is 11.8 Å². The Hall–Kier alpha value is -4.00. The zero-order valence-electron chi connectivity index (χ0n) is 20.6. The lowest BCUT2D eigenvalue weighted by atomic mass is 9.83. The number of unbranched alkanes of at least 4 members (excludes halogenated alkanes) is 1. The summed E-state index contributed by atoms with van der Waals surface area (Å²) in [5.41, 5.74) is 6.89. The molecule has 3 aromatic rings. The Morgan fingerprint density at radius 1 is 0.771 bits per heavy atom. The molecule has 3 aromatic carbocycles. The molecule has 0 saturated carbocycles. The van der Waals surface area contributed by atoms with Crippen molar-refractivity contribution in [1.29, 1.82) is 0 Å². The highest BCUT2D eigenvalue weighted by molar-refractivity contribution is 6.01. The van der Waals surface area contributed by atoms with Crippen LogP contribution in [0, 0.1) is 0 Å². The number of phenolic OH excluding ortho intramolecular Hbond substituents is 3. The third-order valence-corrected chi connectivity index (χ3v) is 5.29. The molecule has 0 heterocycles. The monoisotopic (exact) mass is 478 g/mol. The number of para-hydroxylation sites is 1. The van der Waals surface area contributed by atoms with E-state index in [2.05, 4.69) is 17.8 Å². The summed E-state index contributed by atoms with van der Waals surface area (Å²) in [7, 11) is 0. The van der Waals surface area contributed by atoms with Crippen molar-refractivity contribution in [3.05, 3.63) is 89.0 Å². The molecule has 7 heteroatoms.